The molecule has 0 bridgehead atoms. The highest BCUT2D eigenvalue weighted by Crippen LogP contribution is 2.20. The molecule has 0 aliphatic carbocycles. The lowest BCUT2D eigenvalue weighted by atomic mass is 10.2. The van der Waals surface area contributed by atoms with Crippen LogP contribution in [0.3, 0.4) is 0 Å². The summed E-state index contributed by atoms with van der Waals surface area (Å²) in [5, 5.41) is 3.19. The lowest BCUT2D eigenvalue weighted by Crippen LogP contribution is -2.10. The number of benzene rings is 2. The van der Waals surface area contributed by atoms with E-state index in [1.807, 2.05) is 30.3 Å². The summed E-state index contributed by atoms with van der Waals surface area (Å²) < 4.78 is 5.08. The third kappa shape index (κ3) is 2.79. The second-order valence-corrected chi connectivity index (χ2v) is 3.80. The summed E-state index contributed by atoms with van der Waals surface area (Å²) in [6, 6.07) is 14.6. The summed E-state index contributed by atoms with van der Waals surface area (Å²) in [4.78, 5) is 11.1. The number of carbonyl (C=O) groups excluding carboxylic acids is 1. The van der Waals surface area contributed by atoms with Crippen molar-refractivity contribution in [3.05, 3.63) is 54.1 Å². The van der Waals surface area contributed by atoms with Crippen LogP contribution in [0.5, 0.6) is 5.75 Å². The lowest BCUT2D eigenvalue weighted by Gasteiger charge is -2.08. The number of methoxy groups -OCH3 is 1. The second kappa shape index (κ2) is 5.23. The van der Waals surface area contributed by atoms with Crippen LogP contribution < -0.4 is 15.8 Å². The summed E-state index contributed by atoms with van der Waals surface area (Å²) in [5.74, 6) is 0.361. The summed E-state index contributed by atoms with van der Waals surface area (Å²) >= 11 is 0. The topological polar surface area (TPSA) is 64.3 Å². The number of hydrogen-bond donors (Lipinski definition) is 2. The Balaban J connectivity index is 2.17. The Labute approximate surface area is 105 Å². The summed E-state index contributed by atoms with van der Waals surface area (Å²) in [6.07, 6.45) is 0. The number of anilines is 2. The van der Waals surface area contributed by atoms with E-state index in [0.29, 0.717) is 5.56 Å². The Bertz CT molecular complexity index is 550. The average Bonchev–Trinajstić information content (AvgIpc) is 2.40. The molecule has 1 amide bonds. The van der Waals surface area contributed by atoms with Crippen molar-refractivity contribution in [3.8, 4) is 5.75 Å². The molecule has 2 aromatic carbocycles. The van der Waals surface area contributed by atoms with Crippen molar-refractivity contribution in [3.63, 3.8) is 0 Å². The van der Waals surface area contributed by atoms with Gasteiger partial charge in [-0.2, -0.15) is 0 Å². The van der Waals surface area contributed by atoms with Gasteiger partial charge < -0.3 is 15.8 Å². The van der Waals surface area contributed by atoms with E-state index in [2.05, 4.69) is 5.32 Å². The van der Waals surface area contributed by atoms with Crippen molar-refractivity contribution in [2.24, 2.45) is 5.73 Å². The zero-order valence-electron chi connectivity index (χ0n) is 10.0. The number of hydrogen-bond acceptors (Lipinski definition) is 3. The van der Waals surface area contributed by atoms with Crippen LogP contribution in [0.15, 0.2) is 48.5 Å². The normalized spacial score (nSPS) is 9.83. The predicted molar refractivity (Wildman–Crippen MR) is 71.2 cm³/mol. The van der Waals surface area contributed by atoms with Gasteiger partial charge in [0.15, 0.2) is 0 Å². The molecular weight excluding hydrogens is 228 g/mol. The van der Waals surface area contributed by atoms with E-state index in [9.17, 15) is 4.79 Å². The van der Waals surface area contributed by atoms with Gasteiger partial charge in [0.05, 0.1) is 7.11 Å². The largest absolute Gasteiger partial charge is 0.497 e. The quantitative estimate of drug-likeness (QED) is 0.865. The van der Waals surface area contributed by atoms with Gasteiger partial charge in [-0.25, -0.2) is 0 Å². The third-order valence-electron chi connectivity index (χ3n) is 2.53. The third-order valence-corrected chi connectivity index (χ3v) is 2.53. The van der Waals surface area contributed by atoms with Gasteiger partial charge in [0.25, 0.3) is 0 Å². The average molecular weight is 242 g/mol. The Morgan fingerprint density at radius 2 is 1.83 bits per heavy atom. The number of primary amides is 1. The lowest BCUT2D eigenvalue weighted by molar-refractivity contribution is 0.100. The fraction of sp³-hybridized carbons (Fsp3) is 0.0714. The maximum Gasteiger partial charge on any atom is 0.248 e. The molecule has 2 rings (SSSR count). The van der Waals surface area contributed by atoms with E-state index in [1.54, 1.807) is 25.3 Å². The molecule has 0 saturated carbocycles. The standard InChI is InChI=1S/C14H14N2O2/c1-18-13-7-5-11(6-8-13)16-12-4-2-3-10(9-12)14(15)17/h2-9,16H,1H3,(H2,15,17). The number of amides is 1. The first-order chi connectivity index (χ1) is 8.69. The first kappa shape index (κ1) is 12.0. The Morgan fingerprint density at radius 3 is 2.44 bits per heavy atom. The van der Waals surface area contributed by atoms with Gasteiger partial charge in [-0.3, -0.25) is 4.79 Å². The first-order valence-electron chi connectivity index (χ1n) is 5.50. The number of nitrogens with two attached hydrogens (primary N) is 1. The van der Waals surface area contributed by atoms with Gasteiger partial charge in [0.2, 0.25) is 5.91 Å². The van der Waals surface area contributed by atoms with Gasteiger partial charge >= 0.3 is 0 Å². The summed E-state index contributed by atoms with van der Waals surface area (Å²) in [7, 11) is 1.62. The molecule has 0 saturated heterocycles. The summed E-state index contributed by atoms with van der Waals surface area (Å²) in [6.45, 7) is 0. The van der Waals surface area contributed by atoms with Crippen molar-refractivity contribution < 1.29 is 9.53 Å². The van der Waals surface area contributed by atoms with Crippen molar-refractivity contribution in [1.82, 2.24) is 0 Å². The van der Waals surface area contributed by atoms with Gasteiger partial charge in [-0.15, -0.1) is 0 Å². The maximum absolute atomic E-state index is 11.1. The predicted octanol–water partition coefficient (Wildman–Crippen LogP) is 2.54. The van der Waals surface area contributed by atoms with Crippen molar-refractivity contribution in [2.75, 3.05) is 12.4 Å². The van der Waals surface area contributed by atoms with Crippen LogP contribution in [0.4, 0.5) is 11.4 Å². The number of carbonyl (C=O) groups is 1. The molecule has 0 fully saturated rings. The number of rotatable bonds is 4. The second-order valence-electron chi connectivity index (χ2n) is 3.80. The van der Waals surface area contributed by atoms with Gasteiger partial charge in [-0.1, -0.05) is 6.07 Å². The zero-order chi connectivity index (χ0) is 13.0. The molecule has 4 nitrogen and oxygen atoms in total. The molecule has 0 aliphatic rings. The molecule has 4 heteroatoms. The molecule has 0 aliphatic heterocycles. The summed E-state index contributed by atoms with van der Waals surface area (Å²) in [5.41, 5.74) is 7.44. The van der Waals surface area contributed by atoms with Crippen LogP contribution >= 0.6 is 0 Å². The zero-order valence-corrected chi connectivity index (χ0v) is 10.0. The minimum absolute atomic E-state index is 0.437. The van der Waals surface area contributed by atoms with Crippen LogP contribution in [0.25, 0.3) is 0 Å². The highest BCUT2D eigenvalue weighted by Gasteiger charge is 2.01. The molecule has 0 heterocycles. The van der Waals surface area contributed by atoms with Gasteiger partial charge in [-0.05, 0) is 42.5 Å². The fourth-order valence-corrected chi connectivity index (χ4v) is 1.59. The van der Waals surface area contributed by atoms with Crippen LogP contribution in [0, 0.1) is 0 Å². The fourth-order valence-electron chi connectivity index (χ4n) is 1.59. The molecule has 0 aromatic heterocycles. The molecule has 18 heavy (non-hydrogen) atoms. The van der Waals surface area contributed by atoms with Crippen molar-refractivity contribution in [2.45, 2.75) is 0 Å². The first-order valence-corrected chi connectivity index (χ1v) is 5.50. The smallest absolute Gasteiger partial charge is 0.248 e. The monoisotopic (exact) mass is 242 g/mol. The SMILES string of the molecule is COc1ccc(Nc2cccc(C(N)=O)c2)cc1. The van der Waals surface area contributed by atoms with Crippen LogP contribution in [0.1, 0.15) is 10.4 Å². The van der Waals surface area contributed by atoms with Gasteiger partial charge in [0, 0.05) is 16.9 Å². The Hall–Kier alpha value is -2.49. The molecule has 0 radical (unpaired) electrons. The minimum atomic E-state index is -0.437. The van der Waals surface area contributed by atoms with E-state index in [0.717, 1.165) is 17.1 Å². The molecule has 92 valence electrons. The Kier molecular flexibility index (Phi) is 3.48. The maximum atomic E-state index is 11.1. The molecular formula is C14H14N2O2. The molecule has 0 unspecified atom stereocenters. The highest BCUT2D eigenvalue weighted by molar-refractivity contribution is 5.93. The molecule has 3 N–H and O–H groups in total. The van der Waals surface area contributed by atoms with E-state index in [4.69, 9.17) is 10.5 Å². The van der Waals surface area contributed by atoms with E-state index < -0.39 is 5.91 Å². The van der Waals surface area contributed by atoms with Crippen LogP contribution in [-0.2, 0) is 0 Å². The van der Waals surface area contributed by atoms with E-state index >= 15 is 0 Å². The number of nitrogens with one attached hydrogen (secondary N) is 1. The molecule has 2 aromatic rings. The van der Waals surface area contributed by atoms with Crippen molar-refractivity contribution in [1.29, 1.82) is 0 Å². The van der Waals surface area contributed by atoms with E-state index in [-0.39, 0.29) is 0 Å². The van der Waals surface area contributed by atoms with Crippen LogP contribution in [-0.4, -0.2) is 13.0 Å². The van der Waals surface area contributed by atoms with Crippen molar-refractivity contribution >= 4 is 17.3 Å². The number of ether oxygens (including phenoxy) is 1. The Morgan fingerprint density at radius 1 is 1.11 bits per heavy atom. The highest BCUT2D eigenvalue weighted by atomic mass is 16.5. The van der Waals surface area contributed by atoms with Gasteiger partial charge in [0.1, 0.15) is 5.75 Å². The molecule has 0 atom stereocenters. The van der Waals surface area contributed by atoms with Crippen LogP contribution in [0.2, 0.25) is 0 Å². The minimum Gasteiger partial charge on any atom is -0.497 e. The molecule has 0 spiro atoms. The van der Waals surface area contributed by atoms with E-state index in [1.165, 1.54) is 0 Å².